The molecule has 8 heteroatoms. The van der Waals surface area contributed by atoms with Crippen molar-refractivity contribution < 1.29 is 13.7 Å². The van der Waals surface area contributed by atoms with Crippen LogP contribution < -0.4 is 0 Å². The summed E-state index contributed by atoms with van der Waals surface area (Å²) < 4.78 is 20.8. The molecule has 1 aromatic heterocycles. The van der Waals surface area contributed by atoms with Gasteiger partial charge < -0.3 is 9.64 Å². The lowest BCUT2D eigenvalue weighted by Gasteiger charge is -2.26. The van der Waals surface area contributed by atoms with Crippen LogP contribution in [-0.4, -0.2) is 51.1 Å². The van der Waals surface area contributed by atoms with Crippen LogP contribution in [0.1, 0.15) is 21.7 Å². The fourth-order valence-electron chi connectivity index (χ4n) is 3.60. The molecule has 2 aliphatic heterocycles. The summed E-state index contributed by atoms with van der Waals surface area (Å²) >= 11 is 3.57. The Morgan fingerprint density at radius 1 is 1.21 bits per heavy atom. The summed E-state index contributed by atoms with van der Waals surface area (Å²) in [4.78, 5) is 15.6. The maximum absolute atomic E-state index is 13.3. The minimum atomic E-state index is -1.32. The lowest BCUT2D eigenvalue weighted by Crippen LogP contribution is -2.41. The van der Waals surface area contributed by atoms with Gasteiger partial charge in [0.15, 0.2) is 5.69 Å². The van der Waals surface area contributed by atoms with Crippen molar-refractivity contribution in [3.63, 3.8) is 0 Å². The van der Waals surface area contributed by atoms with E-state index >= 15 is 0 Å². The van der Waals surface area contributed by atoms with Crippen molar-refractivity contribution in [2.24, 2.45) is 0 Å². The average Bonchev–Trinajstić information content (AvgIpc) is 3.11. The molecule has 0 radical (unpaired) electrons. The Hall–Kier alpha value is -2.29. The van der Waals surface area contributed by atoms with Crippen molar-refractivity contribution in [2.45, 2.75) is 5.75 Å². The van der Waals surface area contributed by atoms with Crippen LogP contribution in [0.2, 0.25) is 0 Å². The van der Waals surface area contributed by atoms with Crippen molar-refractivity contribution in [3.05, 3.63) is 75.9 Å². The second-order valence-electron chi connectivity index (χ2n) is 6.62. The predicted octanol–water partition coefficient (Wildman–Crippen LogP) is 3.45. The average molecular weight is 474 g/mol. The number of aromatic nitrogens is 2. The number of para-hydroxylation sites is 1. The van der Waals surface area contributed by atoms with Crippen LogP contribution in [0.25, 0.3) is 11.3 Å². The normalized spacial score (nSPS) is 19.1. The van der Waals surface area contributed by atoms with Crippen LogP contribution in [0.4, 0.5) is 0 Å². The van der Waals surface area contributed by atoms with Crippen molar-refractivity contribution in [1.82, 2.24) is 14.7 Å². The number of hydrogen-bond acceptors (Lipinski definition) is 4. The zero-order valence-electron chi connectivity index (χ0n) is 15.8. The first-order valence-corrected chi connectivity index (χ1v) is 11.3. The first-order chi connectivity index (χ1) is 14.1. The number of halogens is 1. The van der Waals surface area contributed by atoms with Gasteiger partial charge >= 0.3 is 0 Å². The Kier molecular flexibility index (Phi) is 5.67. The molecule has 1 saturated heterocycles. The third kappa shape index (κ3) is 3.45. The fourth-order valence-corrected chi connectivity index (χ4v) is 5.35. The van der Waals surface area contributed by atoms with Crippen LogP contribution in [0.5, 0.6) is 0 Å². The first-order valence-electron chi connectivity index (χ1n) is 9.18. The number of fused-ring (bicyclic) bond motifs is 1. The number of rotatable bonds is 4. The van der Waals surface area contributed by atoms with Gasteiger partial charge in [0.05, 0.1) is 41.1 Å². The van der Waals surface area contributed by atoms with Crippen molar-refractivity contribution in [1.29, 1.82) is 0 Å². The molecule has 1 aromatic carbocycles. The van der Waals surface area contributed by atoms with E-state index in [0.29, 0.717) is 48.0 Å². The third-order valence-electron chi connectivity index (χ3n) is 5.00. The smallest absolute Gasteiger partial charge is 0.274 e. The molecule has 0 N–H and O–H groups in total. The SMILES string of the molecule is C=CC1=C(C=C)S(=O)Cc2c(C(=O)N3CCOCC3)nn(-c3ccccc3Br)c21. The number of carbonyl (C=O) groups is 1. The van der Waals surface area contributed by atoms with Crippen molar-refractivity contribution in [3.8, 4) is 5.69 Å². The molecular formula is C21H20BrN3O3S. The Balaban J connectivity index is 1.96. The Labute approximate surface area is 180 Å². The highest BCUT2D eigenvalue weighted by Gasteiger charge is 2.34. The summed E-state index contributed by atoms with van der Waals surface area (Å²) in [5.41, 5.74) is 3.21. The third-order valence-corrected chi connectivity index (χ3v) is 7.09. The molecule has 1 atom stereocenters. The number of hydrogen-bond donors (Lipinski definition) is 0. The molecule has 1 unspecified atom stereocenters. The van der Waals surface area contributed by atoms with E-state index in [9.17, 15) is 9.00 Å². The summed E-state index contributed by atoms with van der Waals surface area (Å²) in [5.74, 6) is 0.0435. The molecule has 29 heavy (non-hydrogen) atoms. The lowest BCUT2D eigenvalue weighted by molar-refractivity contribution is 0.0298. The fraction of sp³-hybridized carbons (Fsp3) is 0.238. The van der Waals surface area contributed by atoms with E-state index in [1.807, 2.05) is 24.3 Å². The molecule has 2 aliphatic rings. The van der Waals surface area contributed by atoms with E-state index in [4.69, 9.17) is 9.84 Å². The summed E-state index contributed by atoms with van der Waals surface area (Å²) in [5, 5.41) is 4.70. The summed E-state index contributed by atoms with van der Waals surface area (Å²) in [6.45, 7) is 9.76. The standard InChI is InChI=1S/C21H20BrN3O3S/c1-3-14-18(4-2)29(27)13-15-19(21(26)24-9-11-28-12-10-24)23-25(20(14)15)17-8-6-5-7-16(17)22/h3-8H,1-2,9-13H2. The predicted molar refractivity (Wildman–Crippen MR) is 117 cm³/mol. The van der Waals surface area contributed by atoms with Gasteiger partial charge in [-0.1, -0.05) is 37.4 Å². The number of amides is 1. The topological polar surface area (TPSA) is 64.4 Å². The van der Waals surface area contributed by atoms with Gasteiger partial charge in [-0.2, -0.15) is 5.10 Å². The Bertz CT molecular complexity index is 1070. The van der Waals surface area contributed by atoms with Crippen LogP contribution in [0, 0.1) is 0 Å². The number of ether oxygens (including phenoxy) is 1. The maximum Gasteiger partial charge on any atom is 0.274 e. The van der Waals surface area contributed by atoms with Gasteiger partial charge in [-0.05, 0) is 28.1 Å². The minimum absolute atomic E-state index is 0.169. The minimum Gasteiger partial charge on any atom is -0.378 e. The van der Waals surface area contributed by atoms with Crippen LogP contribution in [0.15, 0.2) is 59.0 Å². The number of benzene rings is 1. The highest BCUT2D eigenvalue weighted by atomic mass is 79.9. The molecule has 6 nitrogen and oxygen atoms in total. The van der Waals surface area contributed by atoms with E-state index in [2.05, 4.69) is 29.1 Å². The molecule has 2 aromatic rings. The van der Waals surface area contributed by atoms with Crippen molar-refractivity contribution in [2.75, 3.05) is 26.3 Å². The molecule has 150 valence electrons. The van der Waals surface area contributed by atoms with Crippen LogP contribution in [-0.2, 0) is 21.3 Å². The van der Waals surface area contributed by atoms with E-state index in [1.165, 1.54) is 0 Å². The summed E-state index contributed by atoms with van der Waals surface area (Å²) in [6, 6.07) is 7.65. The first kappa shape index (κ1) is 20.0. The number of nitrogens with zero attached hydrogens (tertiary/aromatic N) is 3. The molecule has 0 spiro atoms. The number of carbonyl (C=O) groups excluding carboxylic acids is 1. The molecular weight excluding hydrogens is 454 g/mol. The molecule has 0 bridgehead atoms. The van der Waals surface area contributed by atoms with E-state index < -0.39 is 10.8 Å². The lowest BCUT2D eigenvalue weighted by atomic mass is 10.0. The monoisotopic (exact) mass is 473 g/mol. The second-order valence-corrected chi connectivity index (χ2v) is 8.89. The van der Waals surface area contributed by atoms with Crippen LogP contribution >= 0.6 is 15.9 Å². The molecule has 1 fully saturated rings. The Morgan fingerprint density at radius 2 is 1.93 bits per heavy atom. The highest BCUT2D eigenvalue weighted by Crippen LogP contribution is 2.37. The number of allylic oxidation sites excluding steroid dienone is 3. The highest BCUT2D eigenvalue weighted by molar-refractivity contribution is 9.10. The van der Waals surface area contributed by atoms with Gasteiger partial charge in [0.2, 0.25) is 0 Å². The van der Waals surface area contributed by atoms with Gasteiger partial charge in [-0.3, -0.25) is 9.00 Å². The van der Waals surface area contributed by atoms with Gasteiger partial charge in [0.1, 0.15) is 0 Å². The second kappa shape index (κ2) is 8.22. The van der Waals surface area contributed by atoms with Gasteiger partial charge in [-0.25, -0.2) is 4.68 Å². The van der Waals surface area contributed by atoms with Gasteiger partial charge in [0.25, 0.3) is 5.91 Å². The Morgan fingerprint density at radius 3 is 2.59 bits per heavy atom. The number of morpholine rings is 1. The maximum atomic E-state index is 13.3. The summed E-state index contributed by atoms with van der Waals surface area (Å²) in [6.07, 6.45) is 3.25. The molecule has 4 rings (SSSR count). The zero-order chi connectivity index (χ0) is 20.5. The van der Waals surface area contributed by atoms with Gasteiger partial charge in [0, 0.05) is 33.6 Å². The molecule has 0 aliphatic carbocycles. The van der Waals surface area contributed by atoms with Crippen molar-refractivity contribution >= 4 is 38.2 Å². The van der Waals surface area contributed by atoms with Crippen LogP contribution in [0.3, 0.4) is 0 Å². The van der Waals surface area contributed by atoms with Gasteiger partial charge in [-0.15, -0.1) is 0 Å². The molecule has 0 saturated carbocycles. The van der Waals surface area contributed by atoms with E-state index in [-0.39, 0.29) is 11.7 Å². The van der Waals surface area contributed by atoms with E-state index in [0.717, 1.165) is 15.9 Å². The zero-order valence-corrected chi connectivity index (χ0v) is 18.2. The van der Waals surface area contributed by atoms with E-state index in [1.54, 1.807) is 21.7 Å². The molecule has 3 heterocycles. The quantitative estimate of drug-likeness (QED) is 0.681. The molecule has 1 amide bonds. The summed E-state index contributed by atoms with van der Waals surface area (Å²) in [7, 11) is -1.32. The largest absolute Gasteiger partial charge is 0.378 e.